The average molecular weight is 250 g/mol. The molecule has 0 aliphatic carbocycles. The average Bonchev–Trinajstić information content (AvgIpc) is 2.34. The Labute approximate surface area is 107 Å². The van der Waals surface area contributed by atoms with E-state index in [2.05, 4.69) is 24.5 Å². The second-order valence-electron chi connectivity index (χ2n) is 4.28. The molecule has 0 atom stereocenters. The van der Waals surface area contributed by atoms with Crippen molar-refractivity contribution in [2.24, 2.45) is 0 Å². The minimum atomic E-state index is -0.281. The van der Waals surface area contributed by atoms with Crippen LogP contribution in [0.2, 0.25) is 0 Å². The molecular weight excluding hydrogens is 231 g/mol. The molecule has 4 heteroatoms. The molecule has 0 fully saturated rings. The van der Waals surface area contributed by atoms with E-state index in [1.165, 1.54) is 18.2 Å². The maximum absolute atomic E-state index is 12.6. The van der Waals surface area contributed by atoms with Crippen molar-refractivity contribution in [1.82, 2.24) is 10.6 Å². The molecule has 0 bridgehead atoms. The van der Waals surface area contributed by atoms with E-state index >= 15 is 0 Å². The quantitative estimate of drug-likeness (QED) is 0.598. The molecule has 0 spiro atoms. The van der Waals surface area contributed by atoms with Gasteiger partial charge in [0.1, 0.15) is 5.82 Å². The molecule has 98 valence electrons. The van der Waals surface area contributed by atoms with Gasteiger partial charge in [-0.3, -0.25) is 4.79 Å². The molecular formula is C14H19FN2O. The lowest BCUT2D eigenvalue weighted by molar-refractivity contribution is -0.116. The summed E-state index contributed by atoms with van der Waals surface area (Å²) >= 11 is 0. The fourth-order valence-electron chi connectivity index (χ4n) is 1.35. The molecule has 0 saturated heterocycles. The Balaban J connectivity index is 2.29. The standard InChI is InChI=1S/C14H19FN2O/c1-11(2)16-9-10-17-14(18)8-5-12-3-6-13(15)7-4-12/h3-8,11,16H,9-10H2,1-2H3,(H,17,18). The zero-order valence-electron chi connectivity index (χ0n) is 10.7. The van der Waals surface area contributed by atoms with Gasteiger partial charge in [-0.25, -0.2) is 4.39 Å². The van der Waals surface area contributed by atoms with Crippen LogP contribution in [0.3, 0.4) is 0 Å². The lowest BCUT2D eigenvalue weighted by Crippen LogP contribution is -2.33. The zero-order valence-corrected chi connectivity index (χ0v) is 10.7. The summed E-state index contributed by atoms with van der Waals surface area (Å²) < 4.78 is 12.6. The number of hydrogen-bond acceptors (Lipinski definition) is 2. The first-order valence-corrected chi connectivity index (χ1v) is 6.03. The molecule has 0 heterocycles. The van der Waals surface area contributed by atoms with Gasteiger partial charge in [0.2, 0.25) is 5.91 Å². The Morgan fingerprint density at radius 3 is 2.56 bits per heavy atom. The minimum Gasteiger partial charge on any atom is -0.351 e. The number of carbonyl (C=O) groups is 1. The molecule has 0 saturated carbocycles. The van der Waals surface area contributed by atoms with Gasteiger partial charge < -0.3 is 10.6 Å². The van der Waals surface area contributed by atoms with E-state index in [0.29, 0.717) is 12.6 Å². The third-order valence-corrected chi connectivity index (χ3v) is 2.27. The molecule has 0 unspecified atom stereocenters. The third-order valence-electron chi connectivity index (χ3n) is 2.27. The summed E-state index contributed by atoms with van der Waals surface area (Å²) in [6.07, 6.45) is 3.10. The fraction of sp³-hybridized carbons (Fsp3) is 0.357. The highest BCUT2D eigenvalue weighted by molar-refractivity contribution is 5.91. The van der Waals surface area contributed by atoms with Crippen molar-refractivity contribution >= 4 is 12.0 Å². The highest BCUT2D eigenvalue weighted by Crippen LogP contribution is 2.04. The van der Waals surface area contributed by atoms with Crippen molar-refractivity contribution in [3.63, 3.8) is 0 Å². The third kappa shape index (κ3) is 6.15. The molecule has 0 aromatic heterocycles. The van der Waals surface area contributed by atoms with Crippen molar-refractivity contribution in [2.75, 3.05) is 13.1 Å². The van der Waals surface area contributed by atoms with Crippen molar-refractivity contribution in [3.05, 3.63) is 41.7 Å². The molecule has 0 aliphatic heterocycles. The van der Waals surface area contributed by atoms with E-state index in [0.717, 1.165) is 12.1 Å². The lowest BCUT2D eigenvalue weighted by atomic mass is 10.2. The fourth-order valence-corrected chi connectivity index (χ4v) is 1.35. The van der Waals surface area contributed by atoms with Crippen LogP contribution >= 0.6 is 0 Å². The maximum atomic E-state index is 12.6. The van der Waals surface area contributed by atoms with Gasteiger partial charge in [0.25, 0.3) is 0 Å². The van der Waals surface area contributed by atoms with Crippen LogP contribution in [0.5, 0.6) is 0 Å². The Morgan fingerprint density at radius 2 is 1.94 bits per heavy atom. The van der Waals surface area contributed by atoms with Crippen molar-refractivity contribution in [3.8, 4) is 0 Å². The van der Waals surface area contributed by atoms with Gasteiger partial charge in [0.15, 0.2) is 0 Å². The number of benzene rings is 1. The summed E-state index contributed by atoms with van der Waals surface area (Å²) in [4.78, 5) is 11.4. The Bertz CT molecular complexity index is 399. The van der Waals surface area contributed by atoms with Crippen LogP contribution in [0, 0.1) is 5.82 Å². The molecule has 0 radical (unpaired) electrons. The van der Waals surface area contributed by atoms with Crippen molar-refractivity contribution in [2.45, 2.75) is 19.9 Å². The van der Waals surface area contributed by atoms with Gasteiger partial charge in [-0.1, -0.05) is 26.0 Å². The zero-order chi connectivity index (χ0) is 13.4. The van der Waals surface area contributed by atoms with Gasteiger partial charge in [0, 0.05) is 25.2 Å². The SMILES string of the molecule is CC(C)NCCNC(=O)C=Cc1ccc(F)cc1. The van der Waals surface area contributed by atoms with Gasteiger partial charge in [-0.05, 0) is 23.8 Å². The molecule has 18 heavy (non-hydrogen) atoms. The molecule has 1 aromatic rings. The summed E-state index contributed by atoms with van der Waals surface area (Å²) in [5.41, 5.74) is 0.798. The normalized spacial score (nSPS) is 11.1. The van der Waals surface area contributed by atoms with Crippen LogP contribution in [0.1, 0.15) is 19.4 Å². The number of nitrogens with one attached hydrogen (secondary N) is 2. The van der Waals surface area contributed by atoms with Crippen LogP contribution in [0.25, 0.3) is 6.08 Å². The van der Waals surface area contributed by atoms with E-state index in [-0.39, 0.29) is 11.7 Å². The van der Waals surface area contributed by atoms with E-state index in [1.54, 1.807) is 18.2 Å². The predicted molar refractivity (Wildman–Crippen MR) is 71.6 cm³/mol. The number of halogens is 1. The van der Waals surface area contributed by atoms with Gasteiger partial charge in [-0.15, -0.1) is 0 Å². The Morgan fingerprint density at radius 1 is 1.28 bits per heavy atom. The largest absolute Gasteiger partial charge is 0.351 e. The summed E-state index contributed by atoms with van der Waals surface area (Å²) in [5, 5.41) is 5.96. The Hall–Kier alpha value is -1.68. The van der Waals surface area contributed by atoms with Gasteiger partial charge >= 0.3 is 0 Å². The first-order chi connectivity index (χ1) is 8.58. The highest BCUT2D eigenvalue weighted by atomic mass is 19.1. The van der Waals surface area contributed by atoms with Crippen LogP contribution < -0.4 is 10.6 Å². The first-order valence-electron chi connectivity index (χ1n) is 6.03. The minimum absolute atomic E-state index is 0.148. The maximum Gasteiger partial charge on any atom is 0.244 e. The summed E-state index contributed by atoms with van der Waals surface area (Å²) in [5.74, 6) is -0.429. The topological polar surface area (TPSA) is 41.1 Å². The van der Waals surface area contributed by atoms with E-state index in [1.807, 2.05) is 0 Å². The highest BCUT2D eigenvalue weighted by Gasteiger charge is 1.96. The van der Waals surface area contributed by atoms with E-state index < -0.39 is 0 Å². The van der Waals surface area contributed by atoms with E-state index in [4.69, 9.17) is 0 Å². The lowest BCUT2D eigenvalue weighted by Gasteiger charge is -2.07. The van der Waals surface area contributed by atoms with Crippen LogP contribution in [-0.2, 0) is 4.79 Å². The second-order valence-corrected chi connectivity index (χ2v) is 4.28. The molecule has 1 amide bonds. The van der Waals surface area contributed by atoms with E-state index in [9.17, 15) is 9.18 Å². The molecule has 1 aromatic carbocycles. The van der Waals surface area contributed by atoms with Crippen molar-refractivity contribution < 1.29 is 9.18 Å². The molecule has 3 nitrogen and oxygen atoms in total. The van der Waals surface area contributed by atoms with Gasteiger partial charge in [-0.2, -0.15) is 0 Å². The summed E-state index contributed by atoms with van der Waals surface area (Å²) in [6.45, 7) is 5.44. The smallest absolute Gasteiger partial charge is 0.244 e. The number of carbonyl (C=O) groups excluding carboxylic acids is 1. The number of rotatable bonds is 6. The monoisotopic (exact) mass is 250 g/mol. The molecule has 0 aliphatic rings. The predicted octanol–water partition coefficient (Wildman–Crippen LogP) is 1.95. The van der Waals surface area contributed by atoms with Crippen LogP contribution in [0.4, 0.5) is 4.39 Å². The number of amides is 1. The number of hydrogen-bond donors (Lipinski definition) is 2. The summed E-state index contributed by atoms with van der Waals surface area (Å²) in [7, 11) is 0. The second kappa shape index (κ2) is 7.61. The molecule has 2 N–H and O–H groups in total. The summed E-state index contributed by atoms with van der Waals surface area (Å²) in [6, 6.07) is 6.39. The van der Waals surface area contributed by atoms with Crippen LogP contribution in [0.15, 0.2) is 30.3 Å². The first kappa shape index (κ1) is 14.4. The van der Waals surface area contributed by atoms with Crippen LogP contribution in [-0.4, -0.2) is 25.0 Å². The Kier molecular flexibility index (Phi) is 6.08. The van der Waals surface area contributed by atoms with Crippen molar-refractivity contribution in [1.29, 1.82) is 0 Å². The van der Waals surface area contributed by atoms with Gasteiger partial charge in [0.05, 0.1) is 0 Å². The molecule has 1 rings (SSSR count).